The first-order valence-corrected chi connectivity index (χ1v) is 8.50. The third-order valence-electron chi connectivity index (χ3n) is 3.64. The topological polar surface area (TPSA) is 114 Å². The van der Waals surface area contributed by atoms with Crippen molar-refractivity contribution in [2.24, 2.45) is 0 Å². The van der Waals surface area contributed by atoms with Crippen LogP contribution in [-0.2, 0) is 42.9 Å². The maximum atomic E-state index is 11.6. The lowest BCUT2D eigenvalue weighted by Crippen LogP contribution is -2.66. The molecule has 0 aliphatic carbocycles. The van der Waals surface area contributed by atoms with Crippen molar-refractivity contribution in [1.82, 2.24) is 0 Å². The highest BCUT2D eigenvalue weighted by atomic mass is 32.1. The van der Waals surface area contributed by atoms with Gasteiger partial charge in [0.05, 0.1) is 0 Å². The lowest BCUT2D eigenvalue weighted by atomic mass is 9.92. The Morgan fingerprint density at radius 1 is 0.885 bits per heavy atom. The van der Waals surface area contributed by atoms with E-state index >= 15 is 0 Å². The van der Waals surface area contributed by atoms with Gasteiger partial charge in [0.25, 0.3) is 0 Å². The predicted molar refractivity (Wildman–Crippen MR) is 90.2 cm³/mol. The summed E-state index contributed by atoms with van der Waals surface area (Å²) in [6, 6.07) is 0. The summed E-state index contributed by atoms with van der Waals surface area (Å²) in [6.45, 7) is 6.18. The van der Waals surface area contributed by atoms with E-state index in [-0.39, 0.29) is 13.0 Å². The van der Waals surface area contributed by atoms with E-state index in [1.165, 1.54) is 20.8 Å². The molecule has 0 amide bonds. The van der Waals surface area contributed by atoms with Crippen LogP contribution in [0.15, 0.2) is 0 Å². The molecule has 0 aromatic rings. The molecule has 1 aliphatic rings. The van der Waals surface area contributed by atoms with Crippen molar-refractivity contribution in [1.29, 1.82) is 0 Å². The van der Waals surface area contributed by atoms with Crippen molar-refractivity contribution in [3.63, 3.8) is 0 Å². The highest BCUT2D eigenvalue weighted by molar-refractivity contribution is 7.81. The van der Waals surface area contributed by atoms with Gasteiger partial charge in [0.15, 0.2) is 23.2 Å². The fourth-order valence-corrected chi connectivity index (χ4v) is 2.98. The van der Waals surface area contributed by atoms with Gasteiger partial charge in [-0.05, 0) is 6.42 Å². The summed E-state index contributed by atoms with van der Waals surface area (Å²) in [7, 11) is 0. The van der Waals surface area contributed by atoms with Gasteiger partial charge in [-0.15, -0.1) is 12.6 Å². The van der Waals surface area contributed by atoms with Crippen LogP contribution in [-0.4, -0.2) is 59.8 Å². The molecule has 0 saturated carbocycles. The molecule has 1 rings (SSSR count). The Bertz CT molecular complexity index is 564. The molecule has 0 N–H and O–H groups in total. The largest absolute Gasteiger partial charge is 0.463 e. The van der Waals surface area contributed by atoms with Crippen LogP contribution in [0, 0.1) is 0 Å². The zero-order chi connectivity index (χ0) is 20.1. The van der Waals surface area contributed by atoms with E-state index in [9.17, 15) is 19.2 Å². The van der Waals surface area contributed by atoms with E-state index in [1.807, 2.05) is 0 Å². The van der Waals surface area contributed by atoms with Gasteiger partial charge in [-0.1, -0.05) is 6.92 Å². The van der Waals surface area contributed by atoms with Gasteiger partial charge in [-0.3, -0.25) is 19.2 Å². The Hall–Kier alpha value is -1.81. The third-order valence-corrected chi connectivity index (χ3v) is 4.32. The Kier molecular flexibility index (Phi) is 7.88. The minimum absolute atomic E-state index is 0.259. The number of rotatable bonds is 6. The van der Waals surface area contributed by atoms with Gasteiger partial charge in [-0.2, -0.15) is 0 Å². The number of esters is 4. The van der Waals surface area contributed by atoms with Crippen molar-refractivity contribution in [2.45, 2.75) is 70.4 Å². The second-order valence-corrected chi connectivity index (χ2v) is 6.59. The molecule has 1 fully saturated rings. The summed E-state index contributed by atoms with van der Waals surface area (Å²) < 4.78 is 26.6. The van der Waals surface area contributed by atoms with Gasteiger partial charge >= 0.3 is 23.9 Å². The number of thiol groups is 1. The Labute approximate surface area is 157 Å². The molecule has 9 nitrogen and oxygen atoms in total. The van der Waals surface area contributed by atoms with Crippen LogP contribution in [0.1, 0.15) is 41.0 Å². The first-order valence-electron chi connectivity index (χ1n) is 8.05. The highest BCUT2D eigenvalue weighted by Crippen LogP contribution is 2.40. The molecule has 0 bridgehead atoms. The normalized spacial score (nSPS) is 30.8. The zero-order valence-corrected chi connectivity index (χ0v) is 16.2. The Morgan fingerprint density at radius 2 is 1.38 bits per heavy atom. The molecule has 5 atom stereocenters. The average molecular weight is 392 g/mol. The number of hydrogen-bond donors (Lipinski definition) is 1. The van der Waals surface area contributed by atoms with Crippen molar-refractivity contribution in [3.8, 4) is 0 Å². The van der Waals surface area contributed by atoms with E-state index in [2.05, 4.69) is 12.6 Å². The minimum atomic E-state index is -1.35. The highest BCUT2D eigenvalue weighted by Gasteiger charge is 2.57. The fraction of sp³-hybridized carbons (Fsp3) is 0.750. The molecule has 148 valence electrons. The van der Waals surface area contributed by atoms with Gasteiger partial charge in [0.2, 0.25) is 0 Å². The second-order valence-electron chi connectivity index (χ2n) is 5.84. The lowest BCUT2D eigenvalue weighted by Gasteiger charge is -2.49. The summed E-state index contributed by atoms with van der Waals surface area (Å²) in [6.07, 6.45) is -4.21. The van der Waals surface area contributed by atoms with Crippen LogP contribution < -0.4 is 0 Å². The number of hydrogen-bond acceptors (Lipinski definition) is 10. The first-order chi connectivity index (χ1) is 12.0. The molecule has 10 heteroatoms. The summed E-state index contributed by atoms with van der Waals surface area (Å²) in [5.41, 5.74) is 0. The molecular formula is C16H24O9S. The summed E-state index contributed by atoms with van der Waals surface area (Å²) in [5, 5.41) is 0. The van der Waals surface area contributed by atoms with Crippen LogP contribution in [0.25, 0.3) is 0 Å². The monoisotopic (exact) mass is 392 g/mol. The molecule has 0 radical (unpaired) electrons. The van der Waals surface area contributed by atoms with E-state index < -0.39 is 53.2 Å². The Balaban J connectivity index is 3.32. The van der Waals surface area contributed by atoms with Crippen molar-refractivity contribution in [2.75, 3.05) is 6.61 Å². The molecule has 0 spiro atoms. The van der Waals surface area contributed by atoms with Crippen LogP contribution in [0.2, 0.25) is 0 Å². The second kappa shape index (κ2) is 9.22. The standard InChI is InChI=1S/C16H24O9S/c1-6-16(26)15(24-11(5)20)14(23-10(4)19)13(22-9(3)18)12(25-16)7-21-8(2)17/h12-15,26H,6-7H2,1-5H3/t12-,13+,14+,15-,16+/m1/s1. The fourth-order valence-electron chi connectivity index (χ4n) is 2.64. The van der Waals surface area contributed by atoms with Gasteiger partial charge in [0.1, 0.15) is 12.7 Å². The molecule has 0 aromatic carbocycles. The molecule has 1 heterocycles. The molecule has 1 saturated heterocycles. The molecule has 26 heavy (non-hydrogen) atoms. The average Bonchev–Trinajstić information content (AvgIpc) is 2.50. The van der Waals surface area contributed by atoms with Crippen LogP contribution in [0.5, 0.6) is 0 Å². The van der Waals surface area contributed by atoms with E-state index in [4.69, 9.17) is 23.7 Å². The molecule has 0 unspecified atom stereocenters. The maximum absolute atomic E-state index is 11.6. The van der Waals surface area contributed by atoms with Crippen LogP contribution >= 0.6 is 12.6 Å². The predicted octanol–water partition coefficient (Wildman–Crippen LogP) is 0.779. The van der Waals surface area contributed by atoms with E-state index in [0.29, 0.717) is 0 Å². The quantitative estimate of drug-likeness (QED) is 0.398. The van der Waals surface area contributed by atoms with E-state index in [0.717, 1.165) is 6.92 Å². The lowest BCUT2D eigenvalue weighted by molar-refractivity contribution is -0.261. The van der Waals surface area contributed by atoms with Gasteiger partial charge in [-0.25, -0.2) is 0 Å². The Morgan fingerprint density at radius 3 is 1.81 bits per heavy atom. The van der Waals surface area contributed by atoms with Crippen LogP contribution in [0.4, 0.5) is 0 Å². The minimum Gasteiger partial charge on any atom is -0.463 e. The number of ether oxygens (including phenoxy) is 5. The smallest absolute Gasteiger partial charge is 0.303 e. The summed E-state index contributed by atoms with van der Waals surface area (Å²) in [4.78, 5) is 44.5. The third kappa shape index (κ3) is 5.87. The van der Waals surface area contributed by atoms with Crippen molar-refractivity contribution in [3.05, 3.63) is 0 Å². The van der Waals surface area contributed by atoms with Gasteiger partial charge in [0, 0.05) is 27.7 Å². The van der Waals surface area contributed by atoms with E-state index in [1.54, 1.807) is 6.92 Å². The van der Waals surface area contributed by atoms with Crippen molar-refractivity contribution >= 4 is 36.5 Å². The summed E-state index contributed by atoms with van der Waals surface area (Å²) in [5.74, 6) is -2.57. The first kappa shape index (κ1) is 22.2. The maximum Gasteiger partial charge on any atom is 0.303 e. The van der Waals surface area contributed by atoms with Crippen LogP contribution in [0.3, 0.4) is 0 Å². The molecule has 1 aliphatic heterocycles. The SMILES string of the molecule is CC[C@@]1(S)O[C@H](COC(C)=O)[C@H](OC(C)=O)[C@H](OC(C)=O)[C@H]1OC(C)=O. The van der Waals surface area contributed by atoms with Crippen molar-refractivity contribution < 1.29 is 42.9 Å². The molecule has 0 aromatic heterocycles. The number of carbonyl (C=O) groups excluding carboxylic acids is 4. The zero-order valence-electron chi connectivity index (χ0n) is 15.3. The van der Waals surface area contributed by atoms with Gasteiger partial charge < -0.3 is 23.7 Å². The number of carbonyl (C=O) groups is 4. The summed E-state index contributed by atoms with van der Waals surface area (Å²) >= 11 is 4.46. The molecular weight excluding hydrogens is 368 g/mol.